The minimum Gasteiger partial charge on any atom is -0.480 e. The Morgan fingerprint density at radius 3 is 1.58 bits per heavy atom. The Kier molecular flexibility index (Phi) is 14.1. The molecule has 0 bridgehead atoms. The van der Waals surface area contributed by atoms with Gasteiger partial charge < -0.3 is 34.5 Å². The van der Waals surface area contributed by atoms with E-state index in [1.54, 1.807) is 27.7 Å². The summed E-state index contributed by atoms with van der Waals surface area (Å²) in [5.41, 5.74) is 0. The summed E-state index contributed by atoms with van der Waals surface area (Å²) in [6.45, 7) is 10.3. The third-order valence-electron chi connectivity index (χ3n) is 4.02. The van der Waals surface area contributed by atoms with Crippen LogP contribution >= 0.6 is 20.0 Å². The smallest absolute Gasteiger partial charge is 0.420 e. The molecule has 0 aromatic rings. The predicted octanol–water partition coefficient (Wildman–Crippen LogP) is 3.05. The van der Waals surface area contributed by atoms with Crippen LogP contribution in [-0.4, -0.2) is 75.7 Å². The van der Waals surface area contributed by atoms with Crippen LogP contribution in [0, 0.1) is 11.8 Å². The zero-order valence-corrected chi connectivity index (χ0v) is 22.7. The summed E-state index contributed by atoms with van der Waals surface area (Å²) < 4.78 is 21.7. The number of hydrogen-bond acceptors (Lipinski definition) is 11. The SMILES string of the molecule is CCS(NC(=O)OC(C)OC(=O)C(C)C)(SCC(NC(=O)OC(C)OC(=O)C(C)C)C(=O)O)C(=O)O. The lowest BCUT2D eigenvalue weighted by Crippen LogP contribution is -2.45. The molecule has 0 heterocycles. The van der Waals surface area contributed by atoms with E-state index in [0.717, 1.165) is 0 Å². The average Bonchev–Trinajstić information content (AvgIpc) is 2.74. The highest BCUT2D eigenvalue weighted by molar-refractivity contribution is 8.99. The number of carboxylic acids is 1. The summed E-state index contributed by atoms with van der Waals surface area (Å²) in [6.07, 6.45) is -5.01. The van der Waals surface area contributed by atoms with Crippen LogP contribution in [0.5, 0.6) is 0 Å². The van der Waals surface area contributed by atoms with Crippen molar-refractivity contribution < 1.29 is 57.9 Å². The molecule has 14 nitrogen and oxygen atoms in total. The summed E-state index contributed by atoms with van der Waals surface area (Å²) in [5, 5.41) is 19.8. The number of carbonyl (C=O) groups is 6. The van der Waals surface area contributed by atoms with Crippen molar-refractivity contribution >= 4 is 55.4 Å². The number of rotatable bonds is 12. The second-order valence-electron chi connectivity index (χ2n) is 7.78. The van der Waals surface area contributed by atoms with Gasteiger partial charge in [0.15, 0.2) is 0 Å². The van der Waals surface area contributed by atoms with Crippen LogP contribution in [0.15, 0.2) is 0 Å². The third-order valence-corrected chi connectivity index (χ3v) is 9.76. The zero-order chi connectivity index (χ0) is 28.2. The Balaban J connectivity index is 5.21. The zero-order valence-electron chi connectivity index (χ0n) is 21.1. The molecule has 4 unspecified atom stereocenters. The van der Waals surface area contributed by atoms with E-state index < -0.39 is 80.9 Å². The van der Waals surface area contributed by atoms with Crippen LogP contribution < -0.4 is 10.0 Å². The summed E-state index contributed by atoms with van der Waals surface area (Å²) in [6, 6.07) is -1.61. The molecule has 4 atom stereocenters. The molecule has 0 saturated heterocycles. The van der Waals surface area contributed by atoms with E-state index in [1.807, 2.05) is 5.32 Å². The Morgan fingerprint density at radius 2 is 1.22 bits per heavy atom. The molecule has 4 N–H and O–H groups in total. The number of carboxylic acid groups (broad SMARTS) is 2. The third kappa shape index (κ3) is 11.7. The van der Waals surface area contributed by atoms with E-state index in [1.165, 1.54) is 20.8 Å². The maximum Gasteiger partial charge on any atom is 0.420 e. The van der Waals surface area contributed by atoms with Crippen LogP contribution in [0.2, 0.25) is 0 Å². The Bertz CT molecular complexity index is 823. The molecule has 36 heavy (non-hydrogen) atoms. The van der Waals surface area contributed by atoms with Gasteiger partial charge in [0.25, 0.3) is 0 Å². The predicted molar refractivity (Wildman–Crippen MR) is 130 cm³/mol. The van der Waals surface area contributed by atoms with Gasteiger partial charge in [0.1, 0.15) is 6.04 Å². The molecule has 2 amide bonds. The monoisotopic (exact) mass is 558 g/mol. The van der Waals surface area contributed by atoms with Crippen LogP contribution in [0.3, 0.4) is 0 Å². The number of nitrogens with one attached hydrogen (secondary N) is 2. The van der Waals surface area contributed by atoms with Gasteiger partial charge in [-0.3, -0.25) is 14.3 Å². The molecule has 0 aliphatic heterocycles. The lowest BCUT2D eigenvalue weighted by molar-refractivity contribution is -0.169. The molecular formula is C20H34N2O12S2. The quantitative estimate of drug-likeness (QED) is 0.155. The van der Waals surface area contributed by atoms with Gasteiger partial charge in [-0.05, 0) is 9.25 Å². The molecule has 0 saturated carbocycles. The van der Waals surface area contributed by atoms with Crippen molar-refractivity contribution in [3.05, 3.63) is 0 Å². The summed E-state index contributed by atoms with van der Waals surface area (Å²) >= 11 is 0. The van der Waals surface area contributed by atoms with Gasteiger partial charge in [-0.15, -0.1) is 0 Å². The van der Waals surface area contributed by atoms with Gasteiger partial charge in [0, 0.05) is 25.4 Å². The first-order valence-electron chi connectivity index (χ1n) is 10.8. The van der Waals surface area contributed by atoms with Crippen LogP contribution in [-0.2, 0) is 33.3 Å². The highest BCUT2D eigenvalue weighted by atomic mass is 33.2. The number of alkyl carbamates (subject to hydrolysis) is 1. The maximum absolute atomic E-state index is 12.3. The number of hydrogen-bond donors (Lipinski definition) is 4. The fourth-order valence-electron chi connectivity index (χ4n) is 2.05. The number of amides is 2. The van der Waals surface area contributed by atoms with E-state index in [2.05, 4.69) is 4.72 Å². The molecule has 0 radical (unpaired) electrons. The van der Waals surface area contributed by atoms with Crippen molar-refractivity contribution in [3.63, 3.8) is 0 Å². The lowest BCUT2D eigenvalue weighted by Gasteiger charge is -2.34. The largest absolute Gasteiger partial charge is 0.480 e. The highest BCUT2D eigenvalue weighted by Gasteiger charge is 2.37. The Labute approximate surface area is 214 Å². The molecule has 0 spiro atoms. The minimum atomic E-state index is -3.11. The number of aliphatic carboxylic acids is 1. The normalized spacial score (nSPS) is 15.9. The molecule has 0 aromatic carbocycles. The van der Waals surface area contributed by atoms with Gasteiger partial charge in [0.2, 0.25) is 12.6 Å². The van der Waals surface area contributed by atoms with Gasteiger partial charge in [-0.25, -0.2) is 19.2 Å². The fourth-order valence-corrected chi connectivity index (χ4v) is 6.05. The van der Waals surface area contributed by atoms with Crippen LogP contribution in [0.25, 0.3) is 0 Å². The van der Waals surface area contributed by atoms with Crippen molar-refractivity contribution in [2.75, 3.05) is 11.5 Å². The first kappa shape index (κ1) is 33.1. The van der Waals surface area contributed by atoms with Crippen LogP contribution in [0.4, 0.5) is 14.4 Å². The van der Waals surface area contributed by atoms with Gasteiger partial charge >= 0.3 is 35.4 Å². The van der Waals surface area contributed by atoms with Gasteiger partial charge in [-0.2, -0.15) is 0 Å². The highest BCUT2D eigenvalue weighted by Crippen LogP contribution is 2.56. The average molecular weight is 559 g/mol. The molecule has 0 aromatic heterocycles. The van der Waals surface area contributed by atoms with E-state index in [0.29, 0.717) is 10.8 Å². The van der Waals surface area contributed by atoms with Crippen molar-refractivity contribution in [3.8, 4) is 0 Å². The number of carbonyl (C=O) groups excluding carboxylic acids is 4. The summed E-state index contributed by atoms with van der Waals surface area (Å²) in [5.74, 6) is -4.33. The number of esters is 2. The van der Waals surface area contributed by atoms with Crippen molar-refractivity contribution in [2.45, 2.75) is 67.1 Å². The molecular weight excluding hydrogens is 524 g/mol. The van der Waals surface area contributed by atoms with Crippen molar-refractivity contribution in [1.82, 2.24) is 10.0 Å². The van der Waals surface area contributed by atoms with Gasteiger partial charge in [0.05, 0.1) is 11.8 Å². The molecule has 0 fully saturated rings. The van der Waals surface area contributed by atoms with E-state index in [-0.39, 0.29) is 5.75 Å². The van der Waals surface area contributed by atoms with E-state index in [9.17, 15) is 39.0 Å². The summed E-state index contributed by atoms with van der Waals surface area (Å²) in [4.78, 5) is 71.1. The van der Waals surface area contributed by atoms with E-state index in [4.69, 9.17) is 18.9 Å². The Morgan fingerprint density at radius 1 is 0.778 bits per heavy atom. The molecule has 208 valence electrons. The maximum atomic E-state index is 12.3. The lowest BCUT2D eigenvalue weighted by atomic mass is 10.2. The first-order chi connectivity index (χ1) is 16.5. The van der Waals surface area contributed by atoms with Crippen molar-refractivity contribution in [2.24, 2.45) is 11.8 Å². The molecule has 0 aliphatic carbocycles. The molecule has 16 heteroatoms. The Hall–Kier alpha value is -2.88. The molecule has 0 rings (SSSR count). The van der Waals surface area contributed by atoms with Crippen LogP contribution in [0.1, 0.15) is 48.5 Å². The van der Waals surface area contributed by atoms with Gasteiger partial charge in [-0.1, -0.05) is 45.4 Å². The van der Waals surface area contributed by atoms with E-state index >= 15 is 0 Å². The second-order valence-corrected chi connectivity index (χ2v) is 13.2. The minimum absolute atomic E-state index is 0.124. The first-order valence-corrected chi connectivity index (χ1v) is 14.1. The standard InChI is InChI=1S/C20H34N2O12S2/c1-8-36(20(29)30,22-19(28)34-13(7)32-17(26)11(4)5)35-9-14(15(23)24)21-18(27)33-12(6)31-16(25)10(2)3/h10-14H,8-9H2,1-7H3,(H,21,27)(H,22,28)(H,23,24)(H,29,30). The fraction of sp³-hybridized carbons (Fsp3) is 0.700. The second kappa shape index (κ2) is 15.3. The number of ether oxygens (including phenoxy) is 4. The summed E-state index contributed by atoms with van der Waals surface area (Å²) in [7, 11) is -2.52. The van der Waals surface area contributed by atoms with Crippen molar-refractivity contribution in [1.29, 1.82) is 0 Å². The topological polar surface area (TPSA) is 204 Å². The molecule has 0 aliphatic rings.